The van der Waals surface area contributed by atoms with Crippen molar-refractivity contribution in [3.05, 3.63) is 42.2 Å². The predicted octanol–water partition coefficient (Wildman–Crippen LogP) is 2.69. The molecule has 0 radical (unpaired) electrons. The third-order valence-corrected chi connectivity index (χ3v) is 5.64. The number of urea groups is 1. The van der Waals surface area contributed by atoms with E-state index in [9.17, 15) is 4.79 Å². The second kappa shape index (κ2) is 7.70. The summed E-state index contributed by atoms with van der Waals surface area (Å²) in [5.41, 5.74) is 1.70. The molecule has 0 saturated heterocycles. The van der Waals surface area contributed by atoms with Gasteiger partial charge in [-0.05, 0) is 37.7 Å². The summed E-state index contributed by atoms with van der Waals surface area (Å²) in [7, 11) is 1.88. The third kappa shape index (κ3) is 3.90. The molecular formula is C17H23N5OS. The summed E-state index contributed by atoms with van der Waals surface area (Å²) in [6.45, 7) is 0.384. The molecule has 0 spiro atoms. The van der Waals surface area contributed by atoms with Crippen LogP contribution in [0.2, 0.25) is 0 Å². The van der Waals surface area contributed by atoms with Crippen LogP contribution >= 0.6 is 11.8 Å². The lowest BCUT2D eigenvalue weighted by atomic mass is 10.2. The van der Waals surface area contributed by atoms with Crippen LogP contribution in [0.15, 0.2) is 36.5 Å². The van der Waals surface area contributed by atoms with Gasteiger partial charge in [-0.25, -0.2) is 9.48 Å². The van der Waals surface area contributed by atoms with Crippen molar-refractivity contribution in [1.29, 1.82) is 0 Å². The molecule has 0 unspecified atom stereocenters. The highest BCUT2D eigenvalue weighted by molar-refractivity contribution is 7.99. The Morgan fingerprint density at radius 2 is 2.17 bits per heavy atom. The number of rotatable bonds is 5. The molecule has 2 aromatic rings. The number of benzene rings is 1. The maximum Gasteiger partial charge on any atom is 0.317 e. The zero-order valence-electron chi connectivity index (χ0n) is 14.1. The molecule has 1 aliphatic rings. The Labute approximate surface area is 146 Å². The van der Waals surface area contributed by atoms with E-state index >= 15 is 0 Å². The van der Waals surface area contributed by atoms with Crippen LogP contribution in [0.5, 0.6) is 0 Å². The summed E-state index contributed by atoms with van der Waals surface area (Å²) in [5, 5.41) is 11.8. The molecular weight excluding hydrogens is 322 g/mol. The van der Waals surface area contributed by atoms with Gasteiger partial charge in [0.1, 0.15) is 5.69 Å². The summed E-state index contributed by atoms with van der Waals surface area (Å²) in [5.74, 6) is 0. The molecule has 1 N–H and O–H groups in total. The van der Waals surface area contributed by atoms with Crippen molar-refractivity contribution in [3.8, 4) is 5.69 Å². The molecule has 1 heterocycles. The Bertz CT molecular complexity index is 675. The van der Waals surface area contributed by atoms with Gasteiger partial charge in [-0.15, -0.1) is 5.10 Å². The number of carbonyl (C=O) groups excluding carboxylic acids is 1. The van der Waals surface area contributed by atoms with E-state index in [1.54, 1.807) is 4.68 Å². The van der Waals surface area contributed by atoms with Crippen molar-refractivity contribution in [2.75, 3.05) is 13.3 Å². The van der Waals surface area contributed by atoms with Crippen LogP contribution in [-0.4, -0.2) is 50.5 Å². The number of nitrogens with zero attached hydrogens (tertiary/aromatic N) is 4. The first-order chi connectivity index (χ1) is 11.7. The lowest BCUT2D eigenvalue weighted by Gasteiger charge is -2.24. The standard InChI is InChI=1S/C17H23N5OS/c1-21(15-8-9-16(10-15)24-2)17(23)18-11-13-12-22(20-19-13)14-6-4-3-5-7-14/h3-7,12,15-16H,8-11H2,1-2H3,(H,18,23)/t15-,16-/m1/s1. The Balaban J connectivity index is 1.52. The van der Waals surface area contributed by atoms with Crippen molar-refractivity contribution in [2.24, 2.45) is 0 Å². The number of hydrogen-bond acceptors (Lipinski definition) is 4. The average molecular weight is 345 g/mol. The highest BCUT2D eigenvalue weighted by atomic mass is 32.2. The van der Waals surface area contributed by atoms with E-state index in [0.29, 0.717) is 17.8 Å². The van der Waals surface area contributed by atoms with Crippen molar-refractivity contribution in [1.82, 2.24) is 25.2 Å². The molecule has 128 valence electrons. The molecule has 2 atom stereocenters. The van der Waals surface area contributed by atoms with Crippen LogP contribution in [0.4, 0.5) is 4.79 Å². The number of amides is 2. The van der Waals surface area contributed by atoms with Crippen LogP contribution in [0.1, 0.15) is 25.0 Å². The van der Waals surface area contributed by atoms with Crippen LogP contribution in [0.3, 0.4) is 0 Å². The molecule has 6 nitrogen and oxygen atoms in total. The molecule has 1 aromatic heterocycles. The highest BCUT2D eigenvalue weighted by Crippen LogP contribution is 2.30. The van der Waals surface area contributed by atoms with Gasteiger partial charge in [-0.1, -0.05) is 23.4 Å². The first-order valence-electron chi connectivity index (χ1n) is 8.17. The van der Waals surface area contributed by atoms with Gasteiger partial charge in [0, 0.05) is 18.3 Å². The van der Waals surface area contributed by atoms with E-state index in [2.05, 4.69) is 21.9 Å². The first kappa shape index (κ1) is 16.8. The summed E-state index contributed by atoms with van der Waals surface area (Å²) < 4.78 is 1.71. The van der Waals surface area contributed by atoms with E-state index in [1.807, 2.05) is 60.2 Å². The van der Waals surface area contributed by atoms with E-state index in [-0.39, 0.29) is 6.03 Å². The maximum absolute atomic E-state index is 12.3. The normalized spacial score (nSPS) is 20.1. The van der Waals surface area contributed by atoms with E-state index in [1.165, 1.54) is 6.42 Å². The Kier molecular flexibility index (Phi) is 5.40. The number of aromatic nitrogens is 3. The molecule has 1 aromatic carbocycles. The monoisotopic (exact) mass is 345 g/mol. The van der Waals surface area contributed by atoms with E-state index in [0.717, 1.165) is 24.2 Å². The lowest BCUT2D eigenvalue weighted by Crippen LogP contribution is -2.42. The van der Waals surface area contributed by atoms with Crippen molar-refractivity contribution < 1.29 is 4.79 Å². The molecule has 7 heteroatoms. The Morgan fingerprint density at radius 3 is 2.88 bits per heavy atom. The molecule has 1 aliphatic carbocycles. The van der Waals surface area contributed by atoms with Gasteiger partial charge in [0.25, 0.3) is 0 Å². The Morgan fingerprint density at radius 1 is 1.38 bits per heavy atom. The number of thioether (sulfide) groups is 1. The quantitative estimate of drug-likeness (QED) is 0.905. The third-order valence-electron chi connectivity index (χ3n) is 4.54. The smallest absolute Gasteiger partial charge is 0.317 e. The van der Waals surface area contributed by atoms with Crippen LogP contribution in [0.25, 0.3) is 5.69 Å². The SMILES string of the molecule is CS[C@@H]1CC[C@@H](N(C)C(=O)NCc2cn(-c3ccccc3)nn2)C1. The maximum atomic E-state index is 12.3. The summed E-state index contributed by atoms with van der Waals surface area (Å²) in [6.07, 6.45) is 7.34. The second-order valence-corrected chi connectivity index (χ2v) is 7.22. The van der Waals surface area contributed by atoms with Gasteiger partial charge >= 0.3 is 6.03 Å². The van der Waals surface area contributed by atoms with Gasteiger partial charge in [-0.3, -0.25) is 0 Å². The highest BCUT2D eigenvalue weighted by Gasteiger charge is 2.29. The fourth-order valence-electron chi connectivity index (χ4n) is 3.03. The second-order valence-electron chi connectivity index (χ2n) is 6.08. The predicted molar refractivity (Wildman–Crippen MR) is 96.3 cm³/mol. The Hall–Kier alpha value is -2.02. The molecule has 0 aliphatic heterocycles. The number of carbonyl (C=O) groups is 1. The molecule has 0 bridgehead atoms. The summed E-state index contributed by atoms with van der Waals surface area (Å²) in [4.78, 5) is 14.2. The molecule has 1 saturated carbocycles. The van der Waals surface area contributed by atoms with Crippen molar-refractivity contribution >= 4 is 17.8 Å². The van der Waals surface area contributed by atoms with E-state index in [4.69, 9.17) is 0 Å². The summed E-state index contributed by atoms with van der Waals surface area (Å²) in [6, 6.07) is 10.1. The number of nitrogens with one attached hydrogen (secondary N) is 1. The van der Waals surface area contributed by atoms with Crippen molar-refractivity contribution in [3.63, 3.8) is 0 Å². The average Bonchev–Trinajstić information content (AvgIpc) is 3.29. The summed E-state index contributed by atoms with van der Waals surface area (Å²) >= 11 is 1.90. The largest absolute Gasteiger partial charge is 0.332 e. The van der Waals surface area contributed by atoms with E-state index < -0.39 is 0 Å². The zero-order valence-corrected chi connectivity index (χ0v) is 14.9. The lowest BCUT2D eigenvalue weighted by molar-refractivity contribution is 0.190. The molecule has 3 rings (SSSR count). The fraction of sp³-hybridized carbons (Fsp3) is 0.471. The fourth-order valence-corrected chi connectivity index (χ4v) is 3.81. The van der Waals surface area contributed by atoms with Gasteiger partial charge in [-0.2, -0.15) is 11.8 Å². The van der Waals surface area contributed by atoms with Crippen LogP contribution in [0, 0.1) is 0 Å². The zero-order chi connectivity index (χ0) is 16.9. The van der Waals surface area contributed by atoms with Crippen LogP contribution in [-0.2, 0) is 6.54 Å². The molecule has 24 heavy (non-hydrogen) atoms. The topological polar surface area (TPSA) is 63.1 Å². The minimum atomic E-state index is -0.0454. The number of para-hydroxylation sites is 1. The minimum Gasteiger partial charge on any atom is -0.332 e. The van der Waals surface area contributed by atoms with Gasteiger partial charge in [0.2, 0.25) is 0 Å². The van der Waals surface area contributed by atoms with Crippen molar-refractivity contribution in [2.45, 2.75) is 37.1 Å². The van der Waals surface area contributed by atoms with Gasteiger partial charge < -0.3 is 10.2 Å². The molecule has 2 amide bonds. The van der Waals surface area contributed by atoms with Gasteiger partial charge in [0.15, 0.2) is 0 Å². The molecule has 1 fully saturated rings. The van der Waals surface area contributed by atoms with Crippen LogP contribution < -0.4 is 5.32 Å². The first-order valence-corrected chi connectivity index (χ1v) is 9.46. The minimum absolute atomic E-state index is 0.0454. The van der Waals surface area contributed by atoms with Gasteiger partial charge in [0.05, 0.1) is 18.4 Å². The number of hydrogen-bond donors (Lipinski definition) is 1.